The molecule has 0 aliphatic rings. The average Bonchev–Trinajstić information content (AvgIpc) is 0.722. The van der Waals surface area contributed by atoms with Gasteiger partial charge in [0, 0.05) is 0 Å². The summed E-state index contributed by atoms with van der Waals surface area (Å²) >= 11 is 0. The zero-order valence-corrected chi connectivity index (χ0v) is 3.49. The molecule has 0 aromatic heterocycles. The number of rotatable bonds is 0. The minimum atomic E-state index is -3.67. The quantitative estimate of drug-likeness (QED) is 0.329. The van der Waals surface area contributed by atoms with E-state index in [0.29, 0.717) is 6.26 Å². The van der Waals surface area contributed by atoms with Crippen LogP contribution < -0.4 is 0 Å². The summed E-state index contributed by atoms with van der Waals surface area (Å²) in [6.45, 7) is 0. The Morgan fingerprint density at radius 2 is 1.67 bits per heavy atom. The molecule has 0 amide bonds. The van der Waals surface area contributed by atoms with Gasteiger partial charge in [0.25, 0.3) is 10.1 Å². The van der Waals surface area contributed by atoms with Gasteiger partial charge in [-0.15, -0.1) is 0 Å². The maximum atomic E-state index is 9.19. The zero-order chi connectivity index (χ0) is 4.50. The van der Waals surface area contributed by atoms with Crippen LogP contribution in [0, 0.1) is 0 Å². The summed E-state index contributed by atoms with van der Waals surface area (Å²) in [5.74, 6) is 0. The van der Waals surface area contributed by atoms with E-state index < -0.39 is 10.1 Å². The molecule has 0 saturated carbocycles. The summed E-state index contributed by atoms with van der Waals surface area (Å²) < 4.78 is 25.9. The van der Waals surface area contributed by atoms with Gasteiger partial charge in [0.1, 0.15) is 0 Å². The second kappa shape index (κ2) is 2.98. The van der Waals surface area contributed by atoms with E-state index in [9.17, 15) is 8.42 Å². The van der Waals surface area contributed by atoms with E-state index in [0.717, 1.165) is 0 Å². The first-order valence-electron chi connectivity index (χ1n) is 0.924. The van der Waals surface area contributed by atoms with Gasteiger partial charge in [0.05, 0.1) is 6.26 Å². The van der Waals surface area contributed by atoms with E-state index in [1.165, 1.54) is 0 Å². The Morgan fingerprint density at radius 3 is 1.67 bits per heavy atom. The first-order valence-corrected chi connectivity index (χ1v) is 2.77. The van der Waals surface area contributed by atoms with Crippen molar-refractivity contribution >= 4 is 39.7 Å². The first kappa shape index (κ1) is 10.0. The van der Waals surface area contributed by atoms with Crippen LogP contribution in [0.3, 0.4) is 0 Å². The van der Waals surface area contributed by atoms with Crippen LogP contribution in [-0.4, -0.2) is 48.8 Å². The molecule has 0 atom stereocenters. The zero-order valence-electron chi connectivity index (χ0n) is 3.67. The van der Waals surface area contributed by atoms with E-state index in [1.54, 1.807) is 0 Å². The third kappa shape index (κ3) is 90.6. The van der Waals surface area contributed by atoms with E-state index >= 15 is 0 Å². The molecule has 6 heavy (non-hydrogen) atoms. The molecule has 3 nitrogen and oxygen atoms in total. The molecule has 0 aromatic rings. The van der Waals surface area contributed by atoms with Crippen molar-refractivity contribution in [2.45, 2.75) is 0 Å². The Bertz CT molecular complexity index is 98.1. The molecule has 1 N–H and O–H groups in total. The van der Waals surface area contributed by atoms with E-state index in [1.807, 2.05) is 0 Å². The van der Waals surface area contributed by atoms with Crippen molar-refractivity contribution in [1.29, 1.82) is 0 Å². The van der Waals surface area contributed by atoms with Crippen LogP contribution >= 0.6 is 0 Å². The molecule has 0 aliphatic carbocycles. The first-order chi connectivity index (χ1) is 2.00. The van der Waals surface area contributed by atoms with Crippen molar-refractivity contribution in [3.05, 3.63) is 0 Å². The number of hydrogen-bond donors (Lipinski definition) is 1. The van der Waals surface area contributed by atoms with Crippen LogP contribution in [-0.2, 0) is 10.1 Å². The van der Waals surface area contributed by atoms with Crippen LogP contribution in [0.25, 0.3) is 0 Å². The predicted octanol–water partition coefficient (Wildman–Crippen LogP) is -1.03. The van der Waals surface area contributed by atoms with Gasteiger partial charge in [-0.25, -0.2) is 0 Å². The summed E-state index contributed by atoms with van der Waals surface area (Å²) in [7, 11) is -3.67. The van der Waals surface area contributed by atoms with Crippen molar-refractivity contribution in [3.63, 3.8) is 0 Å². The monoisotopic (exact) mass is 121 g/mol. The van der Waals surface area contributed by atoms with Gasteiger partial charge in [-0.05, 0) is 0 Å². The van der Waals surface area contributed by atoms with Gasteiger partial charge in [-0.3, -0.25) is 4.55 Å². The van der Waals surface area contributed by atoms with Crippen molar-refractivity contribution < 1.29 is 14.4 Å². The second-order valence-corrected chi connectivity index (χ2v) is 2.20. The fourth-order valence-electron chi connectivity index (χ4n) is 0. The molecule has 0 radical (unpaired) electrons. The minimum absolute atomic E-state index is 0. The van der Waals surface area contributed by atoms with Crippen LogP contribution in [0.2, 0.25) is 0 Å². The summed E-state index contributed by atoms with van der Waals surface area (Å²) in [5, 5.41) is 0. The molecule has 0 fully saturated rings. The van der Waals surface area contributed by atoms with Gasteiger partial charge >= 0.3 is 31.0 Å². The molecular formula is CH6NaO3S+. The maximum absolute atomic E-state index is 9.19. The Labute approximate surface area is 60.3 Å². The molecule has 0 aromatic carbocycles. The van der Waals surface area contributed by atoms with Gasteiger partial charge in [0.2, 0.25) is 0 Å². The van der Waals surface area contributed by atoms with Gasteiger partial charge in [-0.1, -0.05) is 0 Å². The molecular weight excluding hydrogens is 115 g/mol. The van der Waals surface area contributed by atoms with Gasteiger partial charge in [0.15, 0.2) is 0 Å². The van der Waals surface area contributed by atoms with Crippen LogP contribution in [0.15, 0.2) is 0 Å². The van der Waals surface area contributed by atoms with Crippen molar-refractivity contribution in [1.82, 2.24) is 0 Å². The Morgan fingerprint density at radius 1 is 1.67 bits per heavy atom. The van der Waals surface area contributed by atoms with Gasteiger partial charge in [-0.2, -0.15) is 8.42 Å². The Kier molecular flexibility index (Phi) is 4.98. The standard InChI is InChI=1S/CH4O3S.Na.H/c1-5(2,3)4;;/h1H3,(H,2,3,4);;/p+1. The van der Waals surface area contributed by atoms with Crippen molar-refractivity contribution in [2.75, 3.05) is 6.26 Å². The van der Waals surface area contributed by atoms with Gasteiger partial charge < -0.3 is 0 Å². The SMILES string of the molecule is CS(=O)(=O)O.[H+].[NaH]. The summed E-state index contributed by atoms with van der Waals surface area (Å²) in [4.78, 5) is 0. The topological polar surface area (TPSA) is 54.4 Å². The summed E-state index contributed by atoms with van der Waals surface area (Å²) in [6.07, 6.45) is 0.715. The van der Waals surface area contributed by atoms with Crippen LogP contribution in [0.5, 0.6) is 0 Å². The molecule has 0 unspecified atom stereocenters. The molecule has 0 aliphatic heterocycles. The molecule has 5 heteroatoms. The van der Waals surface area contributed by atoms with E-state index in [-0.39, 0.29) is 31.0 Å². The predicted molar refractivity (Wildman–Crippen MR) is 25.7 cm³/mol. The van der Waals surface area contributed by atoms with Crippen molar-refractivity contribution in [2.24, 2.45) is 0 Å². The Balaban J connectivity index is -0.0000000800. The second-order valence-electron chi connectivity index (χ2n) is 0.733. The fraction of sp³-hybridized carbons (Fsp3) is 1.00. The molecule has 0 heterocycles. The Hall–Kier alpha value is 0.910. The van der Waals surface area contributed by atoms with Crippen LogP contribution in [0.1, 0.15) is 1.43 Å². The van der Waals surface area contributed by atoms with Crippen molar-refractivity contribution in [3.8, 4) is 0 Å². The molecule has 34 valence electrons. The molecule has 0 saturated heterocycles. The van der Waals surface area contributed by atoms with E-state index in [4.69, 9.17) is 4.55 Å². The third-order valence-electron chi connectivity index (χ3n) is 0. The average molecular weight is 121 g/mol. The molecule has 0 spiro atoms. The molecule has 0 bridgehead atoms. The molecule has 0 rings (SSSR count). The number of hydrogen-bond acceptors (Lipinski definition) is 2. The summed E-state index contributed by atoms with van der Waals surface area (Å²) in [5.41, 5.74) is 0. The third-order valence-corrected chi connectivity index (χ3v) is 0. The van der Waals surface area contributed by atoms with E-state index in [2.05, 4.69) is 0 Å². The fourth-order valence-corrected chi connectivity index (χ4v) is 0. The normalized spacial score (nSPS) is 9.67. The summed E-state index contributed by atoms with van der Waals surface area (Å²) in [6, 6.07) is 0. The van der Waals surface area contributed by atoms with Crippen LogP contribution in [0.4, 0.5) is 0 Å².